The number of rotatable bonds is 4. The summed E-state index contributed by atoms with van der Waals surface area (Å²) in [7, 11) is 0. The van der Waals surface area contributed by atoms with Crippen molar-refractivity contribution in [3.8, 4) is 11.1 Å². The molecule has 0 aliphatic rings. The van der Waals surface area contributed by atoms with E-state index in [4.69, 9.17) is 0 Å². The zero-order chi connectivity index (χ0) is 17.9. The fraction of sp³-hybridized carbons (Fsp3) is 0.0476. The van der Waals surface area contributed by atoms with Crippen LogP contribution in [0.3, 0.4) is 0 Å². The summed E-state index contributed by atoms with van der Waals surface area (Å²) in [6.07, 6.45) is 2.03. The maximum atomic E-state index is 12.5. The molecule has 128 valence electrons. The van der Waals surface area contributed by atoms with Gasteiger partial charge in [0.25, 0.3) is 5.91 Å². The van der Waals surface area contributed by atoms with Gasteiger partial charge in [-0.1, -0.05) is 59.9 Å². The summed E-state index contributed by atoms with van der Waals surface area (Å²) < 4.78 is 1.08. The van der Waals surface area contributed by atoms with Gasteiger partial charge in [-0.3, -0.25) is 10.1 Å². The van der Waals surface area contributed by atoms with Crippen LogP contribution >= 0.6 is 23.1 Å². The number of benzene rings is 3. The number of fused-ring (bicyclic) bond motifs is 1. The molecule has 4 rings (SSSR count). The minimum absolute atomic E-state index is 0.144. The Balaban J connectivity index is 1.55. The van der Waals surface area contributed by atoms with Gasteiger partial charge in [-0.15, -0.1) is 11.8 Å². The number of para-hydroxylation sites is 1. The van der Waals surface area contributed by atoms with Crippen LogP contribution in [-0.4, -0.2) is 17.1 Å². The Kier molecular flexibility index (Phi) is 4.73. The fourth-order valence-electron chi connectivity index (χ4n) is 2.76. The van der Waals surface area contributed by atoms with Gasteiger partial charge in [-0.25, -0.2) is 4.98 Å². The first-order valence-electron chi connectivity index (χ1n) is 8.15. The number of thioether (sulfide) groups is 1. The quantitative estimate of drug-likeness (QED) is 0.448. The smallest absolute Gasteiger partial charge is 0.257 e. The molecule has 0 aliphatic carbocycles. The number of amides is 1. The Bertz CT molecular complexity index is 1060. The highest BCUT2D eigenvalue weighted by atomic mass is 32.2. The number of carbonyl (C=O) groups is 1. The van der Waals surface area contributed by atoms with Crippen molar-refractivity contribution in [1.82, 2.24) is 4.98 Å². The predicted octanol–water partition coefficient (Wildman–Crippen LogP) is 5.94. The van der Waals surface area contributed by atoms with E-state index in [1.807, 2.05) is 66.9 Å². The number of nitrogens with zero attached hydrogens (tertiary/aromatic N) is 1. The molecule has 1 aromatic heterocycles. The van der Waals surface area contributed by atoms with Crippen LogP contribution in [0.1, 0.15) is 10.4 Å². The van der Waals surface area contributed by atoms with E-state index >= 15 is 0 Å². The Morgan fingerprint density at radius 2 is 1.65 bits per heavy atom. The molecule has 1 N–H and O–H groups in total. The largest absolute Gasteiger partial charge is 0.298 e. The summed E-state index contributed by atoms with van der Waals surface area (Å²) in [6, 6.07) is 23.8. The van der Waals surface area contributed by atoms with Gasteiger partial charge in [-0.2, -0.15) is 0 Å². The molecule has 1 amide bonds. The van der Waals surface area contributed by atoms with Crippen LogP contribution in [0, 0.1) is 0 Å². The van der Waals surface area contributed by atoms with Crippen molar-refractivity contribution in [3.63, 3.8) is 0 Å². The van der Waals surface area contributed by atoms with Crippen LogP contribution in [0.2, 0.25) is 0 Å². The molecule has 1 heterocycles. The molecule has 4 aromatic rings. The lowest BCUT2D eigenvalue weighted by Gasteiger charge is -2.04. The molecule has 0 radical (unpaired) electrons. The lowest BCUT2D eigenvalue weighted by molar-refractivity contribution is 0.102. The normalized spacial score (nSPS) is 10.8. The second kappa shape index (κ2) is 7.32. The van der Waals surface area contributed by atoms with Crippen LogP contribution < -0.4 is 5.32 Å². The van der Waals surface area contributed by atoms with Crippen LogP contribution in [0.5, 0.6) is 0 Å². The zero-order valence-electron chi connectivity index (χ0n) is 14.1. The van der Waals surface area contributed by atoms with Crippen LogP contribution in [0.25, 0.3) is 21.3 Å². The molecule has 3 aromatic carbocycles. The van der Waals surface area contributed by atoms with E-state index in [2.05, 4.69) is 22.4 Å². The third-order valence-electron chi connectivity index (χ3n) is 4.08. The average molecular weight is 377 g/mol. The average Bonchev–Trinajstić information content (AvgIpc) is 3.11. The van der Waals surface area contributed by atoms with Gasteiger partial charge in [0.2, 0.25) is 0 Å². The van der Waals surface area contributed by atoms with Crippen LogP contribution in [0.15, 0.2) is 77.7 Å². The second-order valence-corrected chi connectivity index (χ2v) is 7.60. The molecule has 0 saturated heterocycles. The monoisotopic (exact) mass is 376 g/mol. The maximum Gasteiger partial charge on any atom is 0.257 e. The Morgan fingerprint density at radius 1 is 0.923 bits per heavy atom. The number of carbonyl (C=O) groups excluding carboxylic acids is 1. The van der Waals surface area contributed by atoms with Crippen molar-refractivity contribution in [2.75, 3.05) is 11.6 Å². The Labute approximate surface area is 160 Å². The van der Waals surface area contributed by atoms with Crippen molar-refractivity contribution >= 4 is 44.4 Å². The molecule has 3 nitrogen and oxygen atoms in total. The summed E-state index contributed by atoms with van der Waals surface area (Å²) in [5.74, 6) is -0.144. The molecular weight excluding hydrogens is 360 g/mol. The van der Waals surface area contributed by atoms with Gasteiger partial charge >= 0.3 is 0 Å². The molecule has 0 bridgehead atoms. The number of nitrogens with one attached hydrogen (secondary N) is 1. The van der Waals surface area contributed by atoms with Crippen molar-refractivity contribution in [1.29, 1.82) is 0 Å². The lowest BCUT2D eigenvalue weighted by atomic mass is 10.0. The number of hydrogen-bond acceptors (Lipinski definition) is 4. The van der Waals surface area contributed by atoms with Gasteiger partial charge in [0.15, 0.2) is 5.13 Å². The minimum Gasteiger partial charge on any atom is -0.298 e. The van der Waals surface area contributed by atoms with E-state index in [-0.39, 0.29) is 5.91 Å². The number of anilines is 1. The molecule has 0 aliphatic heterocycles. The highest BCUT2D eigenvalue weighted by molar-refractivity contribution is 7.98. The Morgan fingerprint density at radius 3 is 2.38 bits per heavy atom. The number of thiazole rings is 1. The van der Waals surface area contributed by atoms with Gasteiger partial charge in [0.05, 0.1) is 10.2 Å². The second-order valence-electron chi connectivity index (χ2n) is 5.72. The highest BCUT2D eigenvalue weighted by Crippen LogP contribution is 2.32. The third-order valence-corrected chi connectivity index (χ3v) is 5.78. The van der Waals surface area contributed by atoms with E-state index in [1.165, 1.54) is 11.3 Å². The van der Waals surface area contributed by atoms with Gasteiger partial charge in [0.1, 0.15) is 0 Å². The van der Waals surface area contributed by atoms with E-state index in [1.54, 1.807) is 11.8 Å². The van der Waals surface area contributed by atoms with E-state index in [9.17, 15) is 4.79 Å². The highest BCUT2D eigenvalue weighted by Gasteiger charge is 2.12. The standard InChI is InChI=1S/C21H16N2OS2/c1-25-17-8-5-9-18-19(17)22-21(26-18)23-20(24)16-12-10-15(11-13-16)14-6-3-2-4-7-14/h2-13H,1H3,(H,22,23,24). The zero-order valence-corrected chi connectivity index (χ0v) is 15.7. The van der Waals surface area contributed by atoms with Crippen molar-refractivity contribution in [3.05, 3.63) is 78.4 Å². The fourth-order valence-corrected chi connectivity index (χ4v) is 4.27. The summed E-state index contributed by atoms with van der Waals surface area (Å²) in [5.41, 5.74) is 3.79. The van der Waals surface area contributed by atoms with Crippen molar-refractivity contribution in [2.45, 2.75) is 4.90 Å². The molecule has 0 spiro atoms. The molecule has 5 heteroatoms. The number of hydrogen-bond donors (Lipinski definition) is 1. The van der Waals surface area contributed by atoms with Gasteiger partial charge < -0.3 is 0 Å². The van der Waals surface area contributed by atoms with Crippen LogP contribution in [0.4, 0.5) is 5.13 Å². The first-order chi connectivity index (χ1) is 12.7. The minimum atomic E-state index is -0.144. The maximum absolute atomic E-state index is 12.5. The summed E-state index contributed by atoms with van der Waals surface area (Å²) in [5, 5.41) is 3.54. The van der Waals surface area contributed by atoms with Crippen LogP contribution in [-0.2, 0) is 0 Å². The molecule has 0 atom stereocenters. The first kappa shape index (κ1) is 16.8. The lowest BCUT2D eigenvalue weighted by Crippen LogP contribution is -2.11. The predicted molar refractivity (Wildman–Crippen MR) is 111 cm³/mol. The van der Waals surface area contributed by atoms with E-state index in [0.717, 1.165) is 26.2 Å². The summed E-state index contributed by atoms with van der Waals surface area (Å²) in [6.45, 7) is 0. The van der Waals surface area contributed by atoms with Crippen molar-refractivity contribution in [2.24, 2.45) is 0 Å². The summed E-state index contributed by atoms with van der Waals surface area (Å²) in [4.78, 5) is 18.2. The molecule has 0 fully saturated rings. The first-order valence-corrected chi connectivity index (χ1v) is 10.2. The van der Waals surface area contributed by atoms with E-state index < -0.39 is 0 Å². The third kappa shape index (κ3) is 3.36. The SMILES string of the molecule is CSc1cccc2sc(NC(=O)c3ccc(-c4ccccc4)cc3)nc12. The molecule has 0 saturated carbocycles. The van der Waals surface area contributed by atoms with E-state index in [0.29, 0.717) is 10.7 Å². The number of aromatic nitrogens is 1. The summed E-state index contributed by atoms with van der Waals surface area (Å²) >= 11 is 3.15. The van der Waals surface area contributed by atoms with Crippen molar-refractivity contribution < 1.29 is 4.79 Å². The topological polar surface area (TPSA) is 42.0 Å². The van der Waals surface area contributed by atoms with Gasteiger partial charge in [-0.05, 0) is 41.6 Å². The molecular formula is C21H16N2OS2. The Hall–Kier alpha value is -2.63. The molecule has 0 unspecified atom stereocenters. The van der Waals surface area contributed by atoms with Gasteiger partial charge in [0, 0.05) is 10.5 Å². The molecule has 26 heavy (non-hydrogen) atoms.